The molecule has 0 saturated heterocycles. The Bertz CT molecular complexity index is 1940. The Morgan fingerprint density at radius 3 is 2.02 bits per heavy atom. The summed E-state index contributed by atoms with van der Waals surface area (Å²) in [5.41, 5.74) is 5.71. The largest absolute Gasteiger partial charge is 0.496 e. The lowest BCUT2D eigenvalue weighted by molar-refractivity contribution is 0.0727. The van der Waals surface area contributed by atoms with Crippen molar-refractivity contribution < 1.29 is 42.7 Å². The number of H-pyrrole nitrogens is 1. The van der Waals surface area contributed by atoms with E-state index in [9.17, 15) is 9.59 Å². The van der Waals surface area contributed by atoms with Crippen LogP contribution in [-0.2, 0) is 0 Å². The van der Waals surface area contributed by atoms with Crippen LogP contribution in [0, 0.1) is 0 Å². The Morgan fingerprint density at radius 1 is 0.750 bits per heavy atom. The zero-order valence-corrected chi connectivity index (χ0v) is 27.3. The second kappa shape index (κ2) is 14.9. The van der Waals surface area contributed by atoms with Crippen LogP contribution in [-0.4, -0.2) is 65.2 Å². The fourth-order valence-electron chi connectivity index (χ4n) is 5.19. The molecule has 0 saturated carbocycles. The fraction of sp³-hybridized carbons (Fsp3) is 0.194. The molecular weight excluding hydrogens is 618 g/mol. The Kier molecular flexibility index (Phi) is 10.3. The van der Waals surface area contributed by atoms with Gasteiger partial charge < -0.3 is 38.1 Å². The Labute approximate surface area is 277 Å². The average Bonchev–Trinajstić information content (AvgIpc) is 3.53. The smallest absolute Gasteiger partial charge is 0.343 e. The summed E-state index contributed by atoms with van der Waals surface area (Å²) in [6.45, 7) is 2.11. The molecule has 0 atom stereocenters. The van der Waals surface area contributed by atoms with Crippen LogP contribution in [0.5, 0.6) is 40.2 Å². The number of amides is 1. The summed E-state index contributed by atoms with van der Waals surface area (Å²) < 4.78 is 38.7. The number of nitrogens with one attached hydrogen (secondary N) is 2. The number of esters is 1. The molecule has 2 N–H and O–H groups in total. The third kappa shape index (κ3) is 6.68. The van der Waals surface area contributed by atoms with Gasteiger partial charge in [0, 0.05) is 5.56 Å². The Balaban J connectivity index is 1.40. The van der Waals surface area contributed by atoms with Gasteiger partial charge in [0.15, 0.2) is 23.0 Å². The van der Waals surface area contributed by atoms with Crippen LogP contribution < -0.4 is 38.6 Å². The Morgan fingerprint density at radius 2 is 1.40 bits per heavy atom. The number of methoxy groups -OCH3 is 5. The number of hydrazone groups is 1. The number of aromatic nitrogens is 1. The van der Waals surface area contributed by atoms with Crippen molar-refractivity contribution in [1.29, 1.82) is 0 Å². The van der Waals surface area contributed by atoms with E-state index >= 15 is 0 Å². The minimum absolute atomic E-state index is 0.183. The topological polar surface area (TPSA) is 139 Å². The predicted octanol–water partition coefficient (Wildman–Crippen LogP) is 6.26. The van der Waals surface area contributed by atoms with Crippen LogP contribution in [0.25, 0.3) is 22.0 Å². The number of carbonyl (C=O) groups is 2. The first-order valence-corrected chi connectivity index (χ1v) is 14.8. The van der Waals surface area contributed by atoms with E-state index in [1.807, 2.05) is 30.3 Å². The molecule has 0 fully saturated rings. The summed E-state index contributed by atoms with van der Waals surface area (Å²) in [4.78, 5) is 29.9. The van der Waals surface area contributed by atoms with Crippen LogP contribution in [0.15, 0.2) is 77.9 Å². The van der Waals surface area contributed by atoms with Gasteiger partial charge in [-0.2, -0.15) is 5.10 Å². The van der Waals surface area contributed by atoms with Gasteiger partial charge in [0.25, 0.3) is 5.91 Å². The number of rotatable bonds is 13. The average molecular weight is 654 g/mol. The minimum atomic E-state index is -0.662. The van der Waals surface area contributed by atoms with Gasteiger partial charge in [0.05, 0.1) is 64.8 Å². The number of ether oxygens (including phenoxy) is 7. The van der Waals surface area contributed by atoms with Crippen molar-refractivity contribution in [2.75, 3.05) is 42.2 Å². The molecule has 1 aromatic heterocycles. The monoisotopic (exact) mass is 653 g/mol. The highest BCUT2D eigenvalue weighted by molar-refractivity contribution is 6.13. The van der Waals surface area contributed by atoms with Crippen molar-refractivity contribution in [3.63, 3.8) is 0 Å². The maximum absolute atomic E-state index is 13.6. The molecule has 48 heavy (non-hydrogen) atoms. The van der Waals surface area contributed by atoms with Crippen LogP contribution in [0.3, 0.4) is 0 Å². The van der Waals surface area contributed by atoms with Gasteiger partial charge in [-0.05, 0) is 60.5 Å². The molecule has 0 aliphatic rings. The van der Waals surface area contributed by atoms with E-state index in [-0.39, 0.29) is 17.0 Å². The van der Waals surface area contributed by atoms with E-state index in [2.05, 4.69) is 15.5 Å². The fourth-order valence-corrected chi connectivity index (χ4v) is 5.19. The van der Waals surface area contributed by atoms with Crippen molar-refractivity contribution in [3.8, 4) is 51.4 Å². The van der Waals surface area contributed by atoms with Gasteiger partial charge in [0.2, 0.25) is 5.75 Å². The maximum atomic E-state index is 13.6. The standard InChI is InChI=1S/C36H35N3O9/c1-7-47-27-17-21(13-14-24(27)48-36(41)23-18-28(44-4)34(46-6)29(19-23)45-5)20-37-39-35(40)33-30(22-11-9-8-10-12-22)31-25(42-2)15-16-26(43-3)32(31)38-33/h8-20,38H,7H2,1-6H3,(H,39,40). The number of carbonyl (C=O) groups excluding carboxylic acids is 2. The van der Waals surface area contributed by atoms with E-state index in [0.717, 1.165) is 5.56 Å². The molecule has 0 aliphatic carbocycles. The molecule has 0 radical (unpaired) electrons. The SMILES string of the molecule is CCOc1cc(C=NNC(=O)c2[nH]c3c(OC)ccc(OC)c3c2-c2ccccc2)ccc1OC(=O)c1cc(OC)c(OC)c(OC)c1. The zero-order valence-electron chi connectivity index (χ0n) is 27.3. The molecule has 0 aliphatic heterocycles. The molecule has 12 heteroatoms. The lowest BCUT2D eigenvalue weighted by atomic mass is 10.0. The molecule has 5 rings (SSSR count). The van der Waals surface area contributed by atoms with Crippen molar-refractivity contribution in [3.05, 3.63) is 89.6 Å². The first kappa shape index (κ1) is 33.2. The molecule has 1 heterocycles. The van der Waals surface area contributed by atoms with E-state index in [0.29, 0.717) is 63.1 Å². The number of hydrogen-bond acceptors (Lipinski definition) is 10. The highest BCUT2D eigenvalue weighted by Crippen LogP contribution is 2.42. The number of aromatic amines is 1. The molecule has 1 amide bonds. The highest BCUT2D eigenvalue weighted by atomic mass is 16.6. The van der Waals surface area contributed by atoms with Crippen LogP contribution in [0.2, 0.25) is 0 Å². The maximum Gasteiger partial charge on any atom is 0.343 e. The predicted molar refractivity (Wildman–Crippen MR) is 181 cm³/mol. The van der Waals surface area contributed by atoms with Crippen LogP contribution in [0.1, 0.15) is 33.3 Å². The number of fused-ring (bicyclic) bond motifs is 1. The van der Waals surface area contributed by atoms with E-state index in [4.69, 9.17) is 33.2 Å². The molecular formula is C36H35N3O9. The van der Waals surface area contributed by atoms with Gasteiger partial charge in [-0.3, -0.25) is 4.79 Å². The third-order valence-electron chi connectivity index (χ3n) is 7.36. The summed E-state index contributed by atoms with van der Waals surface area (Å²) in [7, 11) is 7.52. The number of benzene rings is 4. The first-order chi connectivity index (χ1) is 23.4. The molecule has 4 aromatic carbocycles. The van der Waals surface area contributed by atoms with Crippen molar-refractivity contribution in [2.24, 2.45) is 5.10 Å². The second-order valence-corrected chi connectivity index (χ2v) is 10.1. The van der Waals surface area contributed by atoms with E-state index in [1.165, 1.54) is 39.7 Å². The number of nitrogens with zero attached hydrogens (tertiary/aromatic N) is 1. The third-order valence-corrected chi connectivity index (χ3v) is 7.36. The van der Waals surface area contributed by atoms with Crippen LogP contribution in [0.4, 0.5) is 0 Å². The summed E-state index contributed by atoms with van der Waals surface area (Å²) in [6.07, 6.45) is 1.46. The molecule has 5 aromatic rings. The van der Waals surface area contributed by atoms with Crippen molar-refractivity contribution in [1.82, 2.24) is 10.4 Å². The second-order valence-electron chi connectivity index (χ2n) is 10.1. The van der Waals surface area contributed by atoms with Gasteiger partial charge >= 0.3 is 5.97 Å². The molecule has 248 valence electrons. The van der Waals surface area contributed by atoms with E-state index < -0.39 is 11.9 Å². The lowest BCUT2D eigenvalue weighted by Crippen LogP contribution is -2.19. The van der Waals surface area contributed by atoms with E-state index in [1.54, 1.807) is 51.5 Å². The van der Waals surface area contributed by atoms with Gasteiger partial charge in [-0.1, -0.05) is 30.3 Å². The van der Waals surface area contributed by atoms with Gasteiger partial charge in [-0.25, -0.2) is 10.2 Å². The molecule has 12 nitrogen and oxygen atoms in total. The lowest BCUT2D eigenvalue weighted by Gasteiger charge is -2.15. The highest BCUT2D eigenvalue weighted by Gasteiger charge is 2.24. The van der Waals surface area contributed by atoms with Gasteiger partial charge in [-0.15, -0.1) is 0 Å². The Hall–Kier alpha value is -6.17. The van der Waals surface area contributed by atoms with Crippen LogP contribution >= 0.6 is 0 Å². The molecule has 0 unspecified atom stereocenters. The van der Waals surface area contributed by atoms with Crippen molar-refractivity contribution >= 4 is 29.0 Å². The number of hydrogen-bond donors (Lipinski definition) is 2. The summed E-state index contributed by atoms with van der Waals surface area (Å²) in [5, 5.41) is 4.90. The molecule has 0 spiro atoms. The normalized spacial score (nSPS) is 10.9. The first-order valence-electron chi connectivity index (χ1n) is 14.8. The van der Waals surface area contributed by atoms with Gasteiger partial charge in [0.1, 0.15) is 17.2 Å². The quantitative estimate of drug-likeness (QED) is 0.0653. The van der Waals surface area contributed by atoms with Crippen molar-refractivity contribution in [2.45, 2.75) is 6.92 Å². The minimum Gasteiger partial charge on any atom is -0.496 e. The summed E-state index contributed by atoms with van der Waals surface area (Å²) in [5.74, 6) is 1.45. The summed E-state index contributed by atoms with van der Waals surface area (Å²) in [6, 6.07) is 21.0. The molecule has 0 bridgehead atoms. The zero-order chi connectivity index (χ0) is 34.2. The summed E-state index contributed by atoms with van der Waals surface area (Å²) >= 11 is 0.